The minimum Gasteiger partial charge on any atom is -0.336 e. The monoisotopic (exact) mass is 477 g/mol. The molecule has 28 heavy (non-hydrogen) atoms. The second kappa shape index (κ2) is 7.98. The van der Waals surface area contributed by atoms with Gasteiger partial charge in [-0.2, -0.15) is 0 Å². The Morgan fingerprint density at radius 2 is 2.11 bits per heavy atom. The van der Waals surface area contributed by atoms with Crippen LogP contribution in [-0.2, 0) is 11.2 Å². The number of anilines is 2. The van der Waals surface area contributed by atoms with E-state index >= 15 is 0 Å². The molecule has 1 aliphatic rings. The highest BCUT2D eigenvalue weighted by atomic mass is 79.9. The lowest BCUT2D eigenvalue weighted by Crippen LogP contribution is -2.27. The lowest BCUT2D eigenvalue weighted by molar-refractivity contribution is -0.115. The molecule has 7 nitrogen and oxygen atoms in total. The summed E-state index contributed by atoms with van der Waals surface area (Å²) in [6.07, 6.45) is 0.137. The standard InChI is InChI=1S/C18H16BrN5O2S2/c1-10-15(11-2-4-12(19)5-3-11)23-16(28-10)22-14(25)8-13-9-27-18(21-13)24-7-6-20-17(24)26/h2-5,9H,6-8H2,1H3,(H,20,26)(H,22,23,25). The van der Waals surface area contributed by atoms with E-state index in [0.29, 0.717) is 29.0 Å². The van der Waals surface area contributed by atoms with Gasteiger partial charge in [0.05, 0.1) is 17.8 Å². The number of halogens is 1. The third kappa shape index (κ3) is 4.08. The first-order chi connectivity index (χ1) is 13.5. The SMILES string of the molecule is Cc1sc(NC(=O)Cc2csc(N3CCNC3=O)n2)nc1-c1ccc(Br)cc1. The Bertz CT molecular complexity index is 1030. The molecule has 0 bridgehead atoms. The van der Waals surface area contributed by atoms with Gasteiger partial charge in [-0.1, -0.05) is 28.1 Å². The molecular formula is C18H16BrN5O2S2. The number of carbonyl (C=O) groups is 2. The topological polar surface area (TPSA) is 87.2 Å². The molecule has 1 aromatic carbocycles. The summed E-state index contributed by atoms with van der Waals surface area (Å²) in [5.41, 5.74) is 2.51. The fourth-order valence-corrected chi connectivity index (χ4v) is 4.77. The van der Waals surface area contributed by atoms with Crippen LogP contribution in [0.3, 0.4) is 0 Å². The number of benzene rings is 1. The van der Waals surface area contributed by atoms with E-state index in [1.54, 1.807) is 10.3 Å². The van der Waals surface area contributed by atoms with Crippen LogP contribution in [0.1, 0.15) is 10.6 Å². The number of rotatable bonds is 5. The van der Waals surface area contributed by atoms with Gasteiger partial charge >= 0.3 is 6.03 Å². The van der Waals surface area contributed by atoms with E-state index in [4.69, 9.17) is 0 Å². The zero-order valence-electron chi connectivity index (χ0n) is 14.9. The van der Waals surface area contributed by atoms with Gasteiger partial charge in [0.1, 0.15) is 0 Å². The van der Waals surface area contributed by atoms with Crippen molar-refractivity contribution in [1.82, 2.24) is 15.3 Å². The summed E-state index contributed by atoms with van der Waals surface area (Å²) in [5, 5.41) is 8.57. The second-order valence-corrected chi connectivity index (χ2v) is 9.12. The van der Waals surface area contributed by atoms with Crippen LogP contribution in [0.5, 0.6) is 0 Å². The highest BCUT2D eigenvalue weighted by Gasteiger charge is 2.24. The molecule has 2 N–H and O–H groups in total. The van der Waals surface area contributed by atoms with Crippen LogP contribution in [0.2, 0.25) is 0 Å². The van der Waals surface area contributed by atoms with E-state index in [2.05, 4.69) is 36.5 Å². The van der Waals surface area contributed by atoms with Gasteiger partial charge in [-0.3, -0.25) is 9.69 Å². The maximum atomic E-state index is 12.4. The zero-order chi connectivity index (χ0) is 19.7. The first-order valence-corrected chi connectivity index (χ1v) is 11.0. The smallest absolute Gasteiger partial charge is 0.323 e. The van der Waals surface area contributed by atoms with Gasteiger partial charge in [0.15, 0.2) is 10.3 Å². The molecule has 3 heterocycles. The van der Waals surface area contributed by atoms with Crippen LogP contribution in [0.4, 0.5) is 15.1 Å². The molecule has 0 saturated carbocycles. The Morgan fingerprint density at radius 1 is 1.32 bits per heavy atom. The van der Waals surface area contributed by atoms with Crippen LogP contribution in [0, 0.1) is 6.92 Å². The van der Waals surface area contributed by atoms with Crippen LogP contribution in [0.25, 0.3) is 11.3 Å². The number of urea groups is 1. The van der Waals surface area contributed by atoms with Crippen molar-refractivity contribution in [3.8, 4) is 11.3 Å². The number of nitrogens with zero attached hydrogens (tertiary/aromatic N) is 3. The average molecular weight is 478 g/mol. The lowest BCUT2D eigenvalue weighted by Gasteiger charge is -2.08. The molecule has 144 valence electrons. The van der Waals surface area contributed by atoms with Crippen molar-refractivity contribution in [2.75, 3.05) is 23.3 Å². The van der Waals surface area contributed by atoms with E-state index in [1.807, 2.05) is 31.2 Å². The third-order valence-electron chi connectivity index (χ3n) is 4.13. The largest absolute Gasteiger partial charge is 0.336 e. The number of amides is 3. The highest BCUT2D eigenvalue weighted by Crippen LogP contribution is 2.31. The molecule has 10 heteroatoms. The van der Waals surface area contributed by atoms with Crippen molar-refractivity contribution in [1.29, 1.82) is 0 Å². The van der Waals surface area contributed by atoms with Gasteiger partial charge in [-0.25, -0.2) is 14.8 Å². The van der Waals surface area contributed by atoms with Crippen molar-refractivity contribution in [3.05, 3.63) is 44.7 Å². The Balaban J connectivity index is 1.42. The quantitative estimate of drug-likeness (QED) is 0.580. The predicted molar refractivity (Wildman–Crippen MR) is 115 cm³/mol. The lowest BCUT2D eigenvalue weighted by atomic mass is 10.1. The van der Waals surface area contributed by atoms with Crippen molar-refractivity contribution in [2.24, 2.45) is 0 Å². The summed E-state index contributed by atoms with van der Waals surface area (Å²) in [7, 11) is 0. The third-order valence-corrected chi connectivity index (χ3v) is 6.46. The van der Waals surface area contributed by atoms with E-state index in [1.165, 1.54) is 22.7 Å². The Kier molecular flexibility index (Phi) is 5.42. The predicted octanol–water partition coefficient (Wildman–Crippen LogP) is 4.05. The first-order valence-electron chi connectivity index (χ1n) is 8.52. The van der Waals surface area contributed by atoms with Gasteiger partial charge in [-0.15, -0.1) is 22.7 Å². The van der Waals surface area contributed by atoms with Crippen LogP contribution in [-0.4, -0.2) is 35.0 Å². The minimum absolute atomic E-state index is 0.137. The zero-order valence-corrected chi connectivity index (χ0v) is 18.1. The fraction of sp³-hybridized carbons (Fsp3) is 0.222. The van der Waals surface area contributed by atoms with Crippen LogP contribution < -0.4 is 15.5 Å². The molecule has 0 aliphatic carbocycles. The van der Waals surface area contributed by atoms with Gasteiger partial charge in [0, 0.05) is 33.4 Å². The van der Waals surface area contributed by atoms with Crippen molar-refractivity contribution in [3.63, 3.8) is 0 Å². The molecule has 1 saturated heterocycles. The van der Waals surface area contributed by atoms with Crippen molar-refractivity contribution >= 4 is 60.8 Å². The van der Waals surface area contributed by atoms with E-state index < -0.39 is 0 Å². The molecule has 0 radical (unpaired) electrons. The fourth-order valence-electron chi connectivity index (χ4n) is 2.81. The Labute approximate surface area is 177 Å². The summed E-state index contributed by atoms with van der Waals surface area (Å²) in [6, 6.07) is 7.76. The normalized spacial score (nSPS) is 13.6. The number of aromatic nitrogens is 2. The number of aryl methyl sites for hydroxylation is 1. The number of nitrogens with one attached hydrogen (secondary N) is 2. The van der Waals surface area contributed by atoms with Crippen molar-refractivity contribution < 1.29 is 9.59 Å². The molecule has 1 fully saturated rings. The van der Waals surface area contributed by atoms with Gasteiger partial charge < -0.3 is 10.6 Å². The van der Waals surface area contributed by atoms with Crippen LogP contribution >= 0.6 is 38.6 Å². The molecule has 0 atom stereocenters. The molecule has 4 rings (SSSR count). The van der Waals surface area contributed by atoms with E-state index in [9.17, 15) is 9.59 Å². The van der Waals surface area contributed by atoms with Crippen molar-refractivity contribution in [2.45, 2.75) is 13.3 Å². The molecule has 3 aromatic rings. The summed E-state index contributed by atoms with van der Waals surface area (Å²) in [5.74, 6) is -0.182. The maximum Gasteiger partial charge on any atom is 0.323 e. The minimum atomic E-state index is -0.182. The first kappa shape index (κ1) is 19.0. The van der Waals surface area contributed by atoms with E-state index in [-0.39, 0.29) is 18.4 Å². The Hall–Kier alpha value is -2.30. The Morgan fingerprint density at radius 3 is 2.82 bits per heavy atom. The number of carbonyl (C=O) groups excluding carboxylic acids is 2. The summed E-state index contributed by atoms with van der Waals surface area (Å²) >= 11 is 6.23. The summed E-state index contributed by atoms with van der Waals surface area (Å²) in [4.78, 5) is 35.7. The second-order valence-electron chi connectivity index (χ2n) is 6.16. The van der Waals surface area contributed by atoms with Gasteiger partial charge in [0.25, 0.3) is 0 Å². The van der Waals surface area contributed by atoms with Gasteiger partial charge in [-0.05, 0) is 19.1 Å². The number of hydrogen-bond acceptors (Lipinski definition) is 6. The maximum absolute atomic E-state index is 12.4. The molecule has 1 aliphatic heterocycles. The molecule has 0 spiro atoms. The summed E-state index contributed by atoms with van der Waals surface area (Å²) in [6.45, 7) is 3.19. The number of hydrogen-bond donors (Lipinski definition) is 2. The average Bonchev–Trinajstić information content (AvgIpc) is 3.36. The number of thiazole rings is 2. The van der Waals surface area contributed by atoms with Gasteiger partial charge in [0.2, 0.25) is 5.91 Å². The summed E-state index contributed by atoms with van der Waals surface area (Å²) < 4.78 is 1.01. The van der Waals surface area contributed by atoms with Crippen LogP contribution in [0.15, 0.2) is 34.1 Å². The molecule has 3 amide bonds. The molecule has 2 aromatic heterocycles. The highest BCUT2D eigenvalue weighted by molar-refractivity contribution is 9.10. The molecular weight excluding hydrogens is 462 g/mol. The molecule has 0 unspecified atom stereocenters. The van der Waals surface area contributed by atoms with E-state index in [0.717, 1.165) is 20.6 Å².